The molecule has 2 rings (SSSR count). The summed E-state index contributed by atoms with van der Waals surface area (Å²) >= 11 is 0. The Labute approximate surface area is 115 Å². The van der Waals surface area contributed by atoms with Gasteiger partial charge >= 0.3 is 0 Å². The summed E-state index contributed by atoms with van der Waals surface area (Å²) in [4.78, 5) is 0. The van der Waals surface area contributed by atoms with Crippen molar-refractivity contribution in [1.29, 1.82) is 0 Å². The summed E-state index contributed by atoms with van der Waals surface area (Å²) in [7, 11) is 0. The van der Waals surface area contributed by atoms with E-state index in [-0.39, 0.29) is 5.82 Å². The van der Waals surface area contributed by atoms with Crippen molar-refractivity contribution in [2.24, 2.45) is 5.92 Å². The van der Waals surface area contributed by atoms with Crippen molar-refractivity contribution < 1.29 is 9.50 Å². The van der Waals surface area contributed by atoms with Gasteiger partial charge in [0, 0.05) is 12.6 Å². The summed E-state index contributed by atoms with van der Waals surface area (Å²) in [5, 5.41) is 13.6. The van der Waals surface area contributed by atoms with Gasteiger partial charge in [0.15, 0.2) is 0 Å². The largest absolute Gasteiger partial charge is 0.387 e. The number of nitrogens with one attached hydrogen (secondary N) is 1. The van der Waals surface area contributed by atoms with E-state index >= 15 is 0 Å². The van der Waals surface area contributed by atoms with E-state index in [1.54, 1.807) is 12.1 Å². The normalized spacial score (nSPS) is 25.2. The zero-order valence-corrected chi connectivity index (χ0v) is 11.6. The molecular weight excluding hydrogens is 241 g/mol. The molecule has 19 heavy (non-hydrogen) atoms. The average Bonchev–Trinajstić information content (AvgIpc) is 2.45. The molecule has 106 valence electrons. The molecule has 1 aromatic rings. The fourth-order valence-corrected chi connectivity index (χ4v) is 3.06. The SMILES string of the molecule is CCC1CCCCC1NCC(O)c1cccc(F)c1. The van der Waals surface area contributed by atoms with Crippen LogP contribution in [0.3, 0.4) is 0 Å². The van der Waals surface area contributed by atoms with Gasteiger partial charge in [-0.25, -0.2) is 4.39 Å². The third-order valence-corrected chi connectivity index (χ3v) is 4.24. The van der Waals surface area contributed by atoms with E-state index < -0.39 is 6.10 Å². The van der Waals surface area contributed by atoms with E-state index in [2.05, 4.69) is 12.2 Å². The van der Waals surface area contributed by atoms with E-state index in [0.29, 0.717) is 24.1 Å². The number of benzene rings is 1. The van der Waals surface area contributed by atoms with Crippen LogP contribution in [-0.2, 0) is 0 Å². The molecule has 0 aromatic heterocycles. The molecule has 2 N–H and O–H groups in total. The van der Waals surface area contributed by atoms with Crippen molar-refractivity contribution in [1.82, 2.24) is 5.32 Å². The molecule has 0 saturated heterocycles. The van der Waals surface area contributed by atoms with Crippen LogP contribution in [0.15, 0.2) is 24.3 Å². The average molecular weight is 265 g/mol. The summed E-state index contributed by atoms with van der Waals surface area (Å²) in [6, 6.07) is 6.72. The molecule has 0 bridgehead atoms. The molecule has 1 fully saturated rings. The lowest BCUT2D eigenvalue weighted by atomic mass is 9.83. The van der Waals surface area contributed by atoms with Crippen molar-refractivity contribution in [3.63, 3.8) is 0 Å². The van der Waals surface area contributed by atoms with Gasteiger partial charge in [0.25, 0.3) is 0 Å². The lowest BCUT2D eigenvalue weighted by Gasteiger charge is -2.32. The van der Waals surface area contributed by atoms with Crippen molar-refractivity contribution in [2.45, 2.75) is 51.2 Å². The highest BCUT2D eigenvalue weighted by atomic mass is 19.1. The minimum Gasteiger partial charge on any atom is -0.387 e. The minimum atomic E-state index is -0.630. The smallest absolute Gasteiger partial charge is 0.123 e. The summed E-state index contributed by atoms with van der Waals surface area (Å²) in [5.74, 6) is 0.425. The number of aliphatic hydroxyl groups is 1. The van der Waals surface area contributed by atoms with Crippen LogP contribution in [0.2, 0.25) is 0 Å². The van der Waals surface area contributed by atoms with Gasteiger partial charge < -0.3 is 10.4 Å². The Hall–Kier alpha value is -0.930. The van der Waals surface area contributed by atoms with Crippen molar-refractivity contribution in [3.05, 3.63) is 35.6 Å². The highest BCUT2D eigenvalue weighted by molar-refractivity contribution is 5.19. The quantitative estimate of drug-likeness (QED) is 0.855. The lowest BCUT2D eigenvalue weighted by Crippen LogP contribution is -2.40. The third kappa shape index (κ3) is 4.02. The van der Waals surface area contributed by atoms with Crippen LogP contribution < -0.4 is 5.32 Å². The summed E-state index contributed by atoms with van der Waals surface area (Å²) in [5.41, 5.74) is 0.649. The van der Waals surface area contributed by atoms with Gasteiger partial charge in [-0.1, -0.05) is 38.3 Å². The molecule has 3 unspecified atom stereocenters. The first kappa shape index (κ1) is 14.5. The van der Waals surface area contributed by atoms with Crippen LogP contribution in [0.4, 0.5) is 4.39 Å². The van der Waals surface area contributed by atoms with E-state index in [9.17, 15) is 9.50 Å². The van der Waals surface area contributed by atoms with Crippen molar-refractivity contribution in [3.8, 4) is 0 Å². The fourth-order valence-electron chi connectivity index (χ4n) is 3.06. The molecule has 3 atom stereocenters. The van der Waals surface area contributed by atoms with Crippen LogP contribution in [0.25, 0.3) is 0 Å². The second-order valence-corrected chi connectivity index (χ2v) is 5.54. The second kappa shape index (κ2) is 7.01. The molecule has 1 saturated carbocycles. The van der Waals surface area contributed by atoms with Gasteiger partial charge in [-0.2, -0.15) is 0 Å². The molecule has 0 heterocycles. The minimum absolute atomic E-state index is 0.291. The Morgan fingerprint density at radius 1 is 1.37 bits per heavy atom. The van der Waals surface area contributed by atoms with Crippen molar-refractivity contribution >= 4 is 0 Å². The summed E-state index contributed by atoms with van der Waals surface area (Å²) in [6.07, 6.45) is 5.62. The van der Waals surface area contributed by atoms with Gasteiger partial charge in [-0.05, 0) is 36.5 Å². The topological polar surface area (TPSA) is 32.3 Å². The van der Waals surface area contributed by atoms with Crippen LogP contribution in [0.5, 0.6) is 0 Å². The highest BCUT2D eigenvalue weighted by Crippen LogP contribution is 2.27. The molecular formula is C16H24FNO. The number of aliphatic hydroxyl groups excluding tert-OH is 1. The zero-order valence-electron chi connectivity index (χ0n) is 11.6. The Bertz CT molecular complexity index is 396. The van der Waals surface area contributed by atoms with E-state index in [1.807, 2.05) is 0 Å². The maximum Gasteiger partial charge on any atom is 0.123 e. The number of halogens is 1. The second-order valence-electron chi connectivity index (χ2n) is 5.54. The standard InChI is InChI=1S/C16H24FNO/c1-2-12-6-3-4-9-15(12)18-11-16(19)13-7-5-8-14(17)10-13/h5,7-8,10,12,15-16,18-19H,2-4,6,9,11H2,1H3. The molecule has 0 amide bonds. The monoisotopic (exact) mass is 265 g/mol. The Kier molecular flexibility index (Phi) is 5.34. The predicted octanol–water partition coefficient (Wildman–Crippen LogP) is 3.42. The molecule has 1 aliphatic carbocycles. The fraction of sp³-hybridized carbons (Fsp3) is 0.625. The van der Waals surface area contributed by atoms with E-state index in [0.717, 1.165) is 0 Å². The Morgan fingerprint density at radius 3 is 2.89 bits per heavy atom. The zero-order chi connectivity index (χ0) is 13.7. The number of hydrogen-bond donors (Lipinski definition) is 2. The maximum atomic E-state index is 13.1. The van der Waals surface area contributed by atoms with Gasteiger partial charge in [0.1, 0.15) is 5.82 Å². The van der Waals surface area contributed by atoms with Gasteiger partial charge in [0.2, 0.25) is 0 Å². The first-order chi connectivity index (χ1) is 9.20. The molecule has 0 radical (unpaired) electrons. The van der Waals surface area contributed by atoms with E-state index in [1.165, 1.54) is 44.2 Å². The van der Waals surface area contributed by atoms with Crippen LogP contribution in [0, 0.1) is 11.7 Å². The first-order valence-electron chi connectivity index (χ1n) is 7.37. The number of hydrogen-bond acceptors (Lipinski definition) is 2. The lowest BCUT2D eigenvalue weighted by molar-refractivity contribution is 0.154. The Morgan fingerprint density at radius 2 is 2.16 bits per heavy atom. The number of rotatable bonds is 5. The first-order valence-corrected chi connectivity index (χ1v) is 7.37. The molecule has 1 aliphatic rings. The van der Waals surface area contributed by atoms with Gasteiger partial charge in [-0.3, -0.25) is 0 Å². The molecule has 2 nitrogen and oxygen atoms in total. The molecule has 1 aromatic carbocycles. The highest BCUT2D eigenvalue weighted by Gasteiger charge is 2.23. The molecule has 0 aliphatic heterocycles. The molecule has 0 spiro atoms. The van der Waals surface area contributed by atoms with Crippen LogP contribution >= 0.6 is 0 Å². The van der Waals surface area contributed by atoms with Crippen molar-refractivity contribution in [2.75, 3.05) is 6.54 Å². The predicted molar refractivity (Wildman–Crippen MR) is 75.4 cm³/mol. The van der Waals surface area contributed by atoms with Gasteiger partial charge in [-0.15, -0.1) is 0 Å². The Balaban J connectivity index is 1.87. The van der Waals surface area contributed by atoms with Crippen LogP contribution in [0.1, 0.15) is 50.7 Å². The summed E-state index contributed by atoms with van der Waals surface area (Å²) in [6.45, 7) is 2.73. The van der Waals surface area contributed by atoms with E-state index in [4.69, 9.17) is 0 Å². The van der Waals surface area contributed by atoms with Crippen LogP contribution in [-0.4, -0.2) is 17.7 Å². The third-order valence-electron chi connectivity index (χ3n) is 4.24. The maximum absolute atomic E-state index is 13.1. The molecule has 3 heteroatoms. The van der Waals surface area contributed by atoms with Gasteiger partial charge in [0.05, 0.1) is 6.10 Å². The summed E-state index contributed by atoms with van der Waals surface area (Å²) < 4.78 is 13.1.